The Balaban J connectivity index is 1.53. The second-order valence-corrected chi connectivity index (χ2v) is 8.32. The van der Waals surface area contributed by atoms with Crippen molar-refractivity contribution in [1.29, 1.82) is 0 Å². The molecule has 0 aliphatic rings. The van der Waals surface area contributed by atoms with Gasteiger partial charge in [0.25, 0.3) is 5.91 Å². The third kappa shape index (κ3) is 4.44. The van der Waals surface area contributed by atoms with E-state index in [4.69, 9.17) is 4.52 Å². The summed E-state index contributed by atoms with van der Waals surface area (Å²) < 4.78 is 5.23. The maximum Gasteiger partial charge on any atom is 0.256 e. The summed E-state index contributed by atoms with van der Waals surface area (Å²) in [4.78, 5) is 28.5. The van der Waals surface area contributed by atoms with Gasteiger partial charge >= 0.3 is 0 Å². The molecule has 0 unspecified atom stereocenters. The quantitative estimate of drug-likeness (QED) is 0.414. The summed E-state index contributed by atoms with van der Waals surface area (Å²) in [5.41, 5.74) is 4.22. The Kier molecular flexibility index (Phi) is 5.99. The van der Waals surface area contributed by atoms with Crippen molar-refractivity contribution < 1.29 is 9.32 Å². The zero-order valence-electron chi connectivity index (χ0n) is 17.9. The van der Waals surface area contributed by atoms with Gasteiger partial charge in [0.2, 0.25) is 0 Å². The molecular weight excluding hydrogens is 410 g/mol. The van der Waals surface area contributed by atoms with Crippen LogP contribution in [0.4, 0.5) is 0 Å². The van der Waals surface area contributed by atoms with Gasteiger partial charge in [-0.15, -0.1) is 11.8 Å². The van der Waals surface area contributed by atoms with E-state index >= 15 is 0 Å². The minimum Gasteiger partial charge on any atom is -0.361 e. The van der Waals surface area contributed by atoms with E-state index in [-0.39, 0.29) is 5.91 Å². The van der Waals surface area contributed by atoms with Gasteiger partial charge in [-0.05, 0) is 39.0 Å². The van der Waals surface area contributed by atoms with Gasteiger partial charge in [-0.3, -0.25) is 4.79 Å². The number of carbonyl (C=O) groups is 1. The van der Waals surface area contributed by atoms with Gasteiger partial charge in [-0.1, -0.05) is 23.4 Å². The molecule has 0 saturated heterocycles. The van der Waals surface area contributed by atoms with Gasteiger partial charge < -0.3 is 9.42 Å². The maximum absolute atomic E-state index is 13.2. The number of carbonyl (C=O) groups excluding carboxylic acids is 1. The lowest BCUT2D eigenvalue weighted by atomic mass is 10.2. The molecule has 4 aromatic rings. The Bertz CT molecular complexity index is 1230. The van der Waals surface area contributed by atoms with Crippen LogP contribution in [-0.2, 0) is 12.3 Å². The number of nitrogens with zero attached hydrogens (tertiary/aromatic N) is 5. The fraction of sp³-hybridized carbons (Fsp3) is 0.261. The van der Waals surface area contributed by atoms with E-state index in [1.54, 1.807) is 30.3 Å². The molecule has 0 atom stereocenters. The van der Waals surface area contributed by atoms with E-state index in [1.807, 2.05) is 45.0 Å². The predicted molar refractivity (Wildman–Crippen MR) is 120 cm³/mol. The molecule has 1 aromatic carbocycles. The molecule has 0 aliphatic heterocycles. The topological polar surface area (TPSA) is 85.0 Å². The van der Waals surface area contributed by atoms with E-state index in [0.29, 0.717) is 28.7 Å². The predicted octanol–water partition coefficient (Wildman–Crippen LogP) is 4.50. The maximum atomic E-state index is 13.2. The summed E-state index contributed by atoms with van der Waals surface area (Å²) in [6.07, 6.45) is 1.70. The SMILES string of the molecule is Cc1noc(C)c1CSc1ncccc1C(=O)N(C)Cc1nc(C)c2ccccc2n1. The van der Waals surface area contributed by atoms with Crippen molar-refractivity contribution >= 4 is 28.6 Å². The second-order valence-electron chi connectivity index (χ2n) is 7.35. The lowest BCUT2D eigenvalue weighted by Crippen LogP contribution is -2.28. The molecule has 0 saturated carbocycles. The highest BCUT2D eigenvalue weighted by Gasteiger charge is 2.19. The van der Waals surface area contributed by atoms with Crippen molar-refractivity contribution in [3.05, 3.63) is 76.7 Å². The molecule has 0 aliphatic carbocycles. The Morgan fingerprint density at radius 2 is 1.87 bits per heavy atom. The van der Waals surface area contributed by atoms with Crippen LogP contribution in [0, 0.1) is 20.8 Å². The molecule has 7 nitrogen and oxygen atoms in total. The molecular formula is C23H23N5O2S. The molecule has 8 heteroatoms. The van der Waals surface area contributed by atoms with E-state index in [0.717, 1.165) is 33.6 Å². The number of pyridine rings is 1. The van der Waals surface area contributed by atoms with Crippen LogP contribution < -0.4 is 0 Å². The van der Waals surface area contributed by atoms with E-state index in [9.17, 15) is 4.79 Å². The number of hydrogen-bond donors (Lipinski definition) is 0. The van der Waals surface area contributed by atoms with Crippen LogP contribution in [0.15, 0.2) is 52.1 Å². The second kappa shape index (κ2) is 8.85. The monoisotopic (exact) mass is 433 g/mol. The minimum absolute atomic E-state index is 0.122. The largest absolute Gasteiger partial charge is 0.361 e. The van der Waals surface area contributed by atoms with Crippen molar-refractivity contribution in [3.63, 3.8) is 0 Å². The third-order valence-corrected chi connectivity index (χ3v) is 6.13. The molecule has 0 bridgehead atoms. The molecule has 0 fully saturated rings. The zero-order valence-corrected chi connectivity index (χ0v) is 18.7. The van der Waals surface area contributed by atoms with Crippen molar-refractivity contribution in [1.82, 2.24) is 25.0 Å². The normalized spacial score (nSPS) is 11.1. The van der Waals surface area contributed by atoms with Crippen LogP contribution in [0.1, 0.15) is 38.9 Å². The lowest BCUT2D eigenvalue weighted by molar-refractivity contribution is 0.0777. The zero-order chi connectivity index (χ0) is 22.0. The summed E-state index contributed by atoms with van der Waals surface area (Å²) >= 11 is 1.50. The molecule has 3 aromatic heterocycles. The third-order valence-electron chi connectivity index (χ3n) is 5.10. The molecule has 0 N–H and O–H groups in total. The molecule has 158 valence electrons. The molecule has 4 rings (SSSR count). The van der Waals surface area contributed by atoms with Crippen LogP contribution in [-0.4, -0.2) is 38.0 Å². The van der Waals surface area contributed by atoms with Gasteiger partial charge in [0.15, 0.2) is 0 Å². The Labute approximate surface area is 184 Å². The van der Waals surface area contributed by atoms with E-state index in [1.165, 1.54) is 11.8 Å². The highest BCUT2D eigenvalue weighted by atomic mass is 32.2. The van der Waals surface area contributed by atoms with Crippen LogP contribution in [0.25, 0.3) is 10.9 Å². The number of aryl methyl sites for hydroxylation is 3. The molecule has 31 heavy (non-hydrogen) atoms. The van der Waals surface area contributed by atoms with Gasteiger partial charge in [0, 0.05) is 35.6 Å². The first kappa shape index (κ1) is 21.0. The van der Waals surface area contributed by atoms with Crippen LogP contribution >= 0.6 is 11.8 Å². The van der Waals surface area contributed by atoms with Crippen molar-refractivity contribution in [2.24, 2.45) is 0 Å². The average molecular weight is 434 g/mol. The first-order valence-corrected chi connectivity index (χ1v) is 10.9. The van der Waals surface area contributed by atoms with Gasteiger partial charge in [-0.2, -0.15) is 0 Å². The van der Waals surface area contributed by atoms with Crippen LogP contribution in [0.5, 0.6) is 0 Å². The minimum atomic E-state index is -0.122. The number of thioether (sulfide) groups is 1. The molecule has 0 spiro atoms. The Hall–Kier alpha value is -3.26. The average Bonchev–Trinajstić information content (AvgIpc) is 3.09. The van der Waals surface area contributed by atoms with Crippen molar-refractivity contribution in [2.45, 2.75) is 38.1 Å². The fourth-order valence-corrected chi connectivity index (χ4v) is 4.51. The van der Waals surface area contributed by atoms with Gasteiger partial charge in [-0.25, -0.2) is 15.0 Å². The van der Waals surface area contributed by atoms with Crippen LogP contribution in [0.3, 0.4) is 0 Å². The lowest BCUT2D eigenvalue weighted by Gasteiger charge is -2.18. The summed E-state index contributed by atoms with van der Waals surface area (Å²) in [6.45, 7) is 6.07. The Morgan fingerprint density at radius 3 is 2.65 bits per heavy atom. The molecule has 0 radical (unpaired) electrons. The smallest absolute Gasteiger partial charge is 0.256 e. The standard InChI is InChI=1S/C23H23N5O2S/c1-14-17-8-5-6-10-20(17)26-21(25-14)12-28(4)23(29)18-9-7-11-24-22(18)31-13-19-15(2)27-30-16(19)3/h5-11H,12-13H2,1-4H3. The number of para-hydroxylation sites is 1. The highest BCUT2D eigenvalue weighted by Crippen LogP contribution is 2.28. The number of fused-ring (bicyclic) bond motifs is 1. The van der Waals surface area contributed by atoms with Crippen molar-refractivity contribution in [2.75, 3.05) is 7.05 Å². The number of benzene rings is 1. The Morgan fingerprint density at radius 1 is 1.06 bits per heavy atom. The number of hydrogen-bond acceptors (Lipinski definition) is 7. The van der Waals surface area contributed by atoms with E-state index in [2.05, 4.69) is 20.1 Å². The first-order valence-electron chi connectivity index (χ1n) is 9.91. The van der Waals surface area contributed by atoms with E-state index < -0.39 is 0 Å². The highest BCUT2D eigenvalue weighted by molar-refractivity contribution is 7.98. The first-order chi connectivity index (χ1) is 14.9. The molecule has 3 heterocycles. The van der Waals surface area contributed by atoms with Gasteiger partial charge in [0.05, 0.1) is 23.3 Å². The number of amides is 1. The van der Waals surface area contributed by atoms with Crippen LogP contribution in [0.2, 0.25) is 0 Å². The fourth-order valence-electron chi connectivity index (χ4n) is 3.37. The summed E-state index contributed by atoms with van der Waals surface area (Å²) in [5, 5.41) is 5.69. The number of aromatic nitrogens is 4. The van der Waals surface area contributed by atoms with Crippen molar-refractivity contribution in [3.8, 4) is 0 Å². The summed E-state index contributed by atoms with van der Waals surface area (Å²) in [5.74, 6) is 1.91. The summed E-state index contributed by atoms with van der Waals surface area (Å²) in [6, 6.07) is 11.5. The number of rotatable bonds is 6. The molecule has 1 amide bonds. The summed E-state index contributed by atoms with van der Waals surface area (Å²) in [7, 11) is 1.76. The van der Waals surface area contributed by atoms with Gasteiger partial charge in [0.1, 0.15) is 16.6 Å².